The van der Waals surface area contributed by atoms with Gasteiger partial charge in [0, 0.05) is 7.05 Å². The average Bonchev–Trinajstić information content (AvgIpc) is 2.38. The number of hydrogen-bond donors (Lipinski definition) is 3. The van der Waals surface area contributed by atoms with E-state index in [4.69, 9.17) is 4.74 Å². The smallest absolute Gasteiger partial charge is 0.410 e. The molecule has 3 N–H and O–H groups in total. The van der Waals surface area contributed by atoms with Gasteiger partial charge < -0.3 is 25.4 Å². The van der Waals surface area contributed by atoms with Gasteiger partial charge in [0.05, 0.1) is 25.0 Å². The van der Waals surface area contributed by atoms with Crippen LogP contribution in [0, 0.1) is 5.41 Å². The normalized spacial score (nSPS) is 21.1. The Kier molecular flexibility index (Phi) is 4.81. The third kappa shape index (κ3) is 3.33. The van der Waals surface area contributed by atoms with Crippen LogP contribution in [-0.2, 0) is 14.3 Å². The maximum Gasteiger partial charge on any atom is 0.410 e. The molecule has 0 aromatic rings. The fraction of sp³-hybridized carbons (Fsp3) is 0.812. The molecule has 2 aliphatic rings. The molecule has 0 unspecified atom stereocenters. The van der Waals surface area contributed by atoms with Crippen LogP contribution < -0.4 is 10.6 Å². The van der Waals surface area contributed by atoms with Crippen molar-refractivity contribution in [3.63, 3.8) is 0 Å². The Hall–Kier alpha value is -1.83. The number of β-amino-alcohol motifs (C(OH)–C–C–N with tert-alkyl or cyclic N) is 1. The Morgan fingerprint density at radius 1 is 1.21 bits per heavy atom. The van der Waals surface area contributed by atoms with E-state index in [1.807, 2.05) is 0 Å². The molecule has 0 radical (unpaired) electrons. The second kappa shape index (κ2) is 6.23. The molecule has 1 aliphatic carbocycles. The maximum absolute atomic E-state index is 12.5. The van der Waals surface area contributed by atoms with Crippen molar-refractivity contribution >= 4 is 17.9 Å². The first-order valence-corrected chi connectivity index (χ1v) is 8.22. The van der Waals surface area contributed by atoms with Crippen LogP contribution in [0.3, 0.4) is 0 Å². The molecule has 136 valence electrons. The van der Waals surface area contributed by atoms with Crippen LogP contribution in [0.1, 0.15) is 40.0 Å². The maximum atomic E-state index is 12.5. The second-order valence-corrected chi connectivity index (χ2v) is 7.66. The summed E-state index contributed by atoms with van der Waals surface area (Å²) in [6.07, 6.45) is 1.44. The number of aliphatic hydroxyl groups is 1. The zero-order valence-corrected chi connectivity index (χ0v) is 14.8. The number of amides is 3. The summed E-state index contributed by atoms with van der Waals surface area (Å²) in [6, 6.07) is 0. The van der Waals surface area contributed by atoms with Gasteiger partial charge in [-0.05, 0) is 33.6 Å². The Morgan fingerprint density at radius 2 is 1.79 bits per heavy atom. The molecule has 0 bridgehead atoms. The molecule has 2 fully saturated rings. The van der Waals surface area contributed by atoms with Gasteiger partial charge in [0.1, 0.15) is 11.2 Å². The molecule has 8 nitrogen and oxygen atoms in total. The van der Waals surface area contributed by atoms with Gasteiger partial charge in [-0.2, -0.15) is 0 Å². The Labute approximate surface area is 141 Å². The highest BCUT2D eigenvalue weighted by molar-refractivity contribution is 5.89. The van der Waals surface area contributed by atoms with Crippen molar-refractivity contribution in [3.8, 4) is 0 Å². The van der Waals surface area contributed by atoms with Gasteiger partial charge >= 0.3 is 6.09 Å². The van der Waals surface area contributed by atoms with Crippen molar-refractivity contribution in [3.05, 3.63) is 0 Å². The lowest BCUT2D eigenvalue weighted by atomic mass is 9.55. The van der Waals surface area contributed by atoms with Crippen LogP contribution in [0.15, 0.2) is 0 Å². The quantitative estimate of drug-likeness (QED) is 0.667. The molecule has 8 heteroatoms. The third-order valence-electron chi connectivity index (χ3n) is 4.78. The molecule has 0 atom stereocenters. The van der Waals surface area contributed by atoms with E-state index in [1.165, 1.54) is 11.9 Å². The molecule has 2 rings (SSSR count). The fourth-order valence-electron chi connectivity index (χ4n) is 3.20. The second-order valence-electron chi connectivity index (χ2n) is 7.66. The summed E-state index contributed by atoms with van der Waals surface area (Å²) < 4.78 is 5.28. The van der Waals surface area contributed by atoms with E-state index in [-0.39, 0.29) is 31.4 Å². The van der Waals surface area contributed by atoms with Crippen molar-refractivity contribution in [2.24, 2.45) is 5.41 Å². The highest BCUT2D eigenvalue weighted by atomic mass is 16.6. The summed E-state index contributed by atoms with van der Waals surface area (Å²) in [7, 11) is 1.49. The lowest BCUT2D eigenvalue weighted by Crippen LogP contribution is -2.75. The highest BCUT2D eigenvalue weighted by Crippen LogP contribution is 2.53. The van der Waals surface area contributed by atoms with Crippen molar-refractivity contribution in [1.82, 2.24) is 15.5 Å². The first-order valence-electron chi connectivity index (χ1n) is 8.22. The first kappa shape index (κ1) is 18.5. The first-order chi connectivity index (χ1) is 11.0. The van der Waals surface area contributed by atoms with Crippen LogP contribution in [0.25, 0.3) is 0 Å². The monoisotopic (exact) mass is 341 g/mol. The Morgan fingerprint density at radius 3 is 2.21 bits per heavy atom. The predicted octanol–water partition coefficient (Wildman–Crippen LogP) is 0.000700. The van der Waals surface area contributed by atoms with Gasteiger partial charge in [0.2, 0.25) is 11.8 Å². The summed E-state index contributed by atoms with van der Waals surface area (Å²) in [5.74, 6) is -0.627. The molecular weight excluding hydrogens is 314 g/mol. The Balaban J connectivity index is 1.97. The molecule has 0 aromatic carbocycles. The zero-order chi connectivity index (χ0) is 18.2. The van der Waals surface area contributed by atoms with E-state index in [2.05, 4.69) is 10.6 Å². The molecule has 1 aliphatic heterocycles. The molecular formula is C16H27N3O5. The van der Waals surface area contributed by atoms with Crippen LogP contribution in [0.5, 0.6) is 0 Å². The van der Waals surface area contributed by atoms with E-state index in [0.717, 1.165) is 6.42 Å². The summed E-state index contributed by atoms with van der Waals surface area (Å²) >= 11 is 0. The van der Waals surface area contributed by atoms with Gasteiger partial charge in [0.25, 0.3) is 0 Å². The highest BCUT2D eigenvalue weighted by Gasteiger charge is 2.65. The number of nitrogens with one attached hydrogen (secondary N) is 2. The van der Waals surface area contributed by atoms with Gasteiger partial charge in [-0.25, -0.2) is 4.79 Å². The SMILES string of the molecule is CNC(=O)CNC(=O)C1(C2(O)CN(C(=O)OC(C)(C)C)C2)CCC1. The van der Waals surface area contributed by atoms with Crippen LogP contribution >= 0.6 is 0 Å². The number of ether oxygens (including phenoxy) is 1. The van der Waals surface area contributed by atoms with Gasteiger partial charge in [0.15, 0.2) is 0 Å². The summed E-state index contributed by atoms with van der Waals surface area (Å²) in [5.41, 5.74) is -2.81. The summed E-state index contributed by atoms with van der Waals surface area (Å²) in [5, 5.41) is 15.9. The fourth-order valence-corrected chi connectivity index (χ4v) is 3.20. The van der Waals surface area contributed by atoms with Crippen molar-refractivity contribution in [2.75, 3.05) is 26.7 Å². The molecule has 1 heterocycles. The van der Waals surface area contributed by atoms with Crippen molar-refractivity contribution < 1.29 is 24.2 Å². The molecule has 0 aromatic heterocycles. The predicted molar refractivity (Wildman–Crippen MR) is 86.1 cm³/mol. The minimum Gasteiger partial charge on any atom is -0.444 e. The van der Waals surface area contributed by atoms with E-state index >= 15 is 0 Å². The number of nitrogens with zero attached hydrogens (tertiary/aromatic N) is 1. The number of rotatable bonds is 4. The van der Waals surface area contributed by atoms with Crippen molar-refractivity contribution in [2.45, 2.75) is 51.2 Å². The Bertz CT molecular complexity index is 530. The number of carbonyl (C=O) groups is 3. The molecule has 3 amide bonds. The molecule has 1 saturated carbocycles. The lowest BCUT2D eigenvalue weighted by Gasteiger charge is -2.59. The minimum atomic E-state index is -1.27. The number of hydrogen-bond acceptors (Lipinski definition) is 5. The van der Waals surface area contributed by atoms with Gasteiger partial charge in [-0.15, -0.1) is 0 Å². The molecule has 0 spiro atoms. The average molecular weight is 341 g/mol. The van der Waals surface area contributed by atoms with Crippen LogP contribution in [0.4, 0.5) is 4.79 Å². The third-order valence-corrected chi connectivity index (χ3v) is 4.78. The van der Waals surface area contributed by atoms with Gasteiger partial charge in [-0.1, -0.05) is 6.42 Å². The number of likely N-dealkylation sites (N-methyl/N-ethyl adjacent to an activating group) is 1. The minimum absolute atomic E-state index is 0.0648. The van der Waals surface area contributed by atoms with Crippen LogP contribution in [0.2, 0.25) is 0 Å². The molecule has 1 saturated heterocycles. The zero-order valence-electron chi connectivity index (χ0n) is 14.8. The number of carbonyl (C=O) groups excluding carboxylic acids is 3. The van der Waals surface area contributed by atoms with E-state index in [9.17, 15) is 19.5 Å². The summed E-state index contributed by atoms with van der Waals surface area (Å²) in [4.78, 5) is 37.3. The largest absolute Gasteiger partial charge is 0.444 e. The number of likely N-dealkylation sites (tertiary alicyclic amines) is 1. The lowest BCUT2D eigenvalue weighted by molar-refractivity contribution is -0.204. The van der Waals surface area contributed by atoms with E-state index in [1.54, 1.807) is 20.8 Å². The topological polar surface area (TPSA) is 108 Å². The standard InChI is InChI=1S/C16H27N3O5/c1-14(2,3)24-13(22)19-9-16(23,10-19)15(6-5-7-15)12(21)18-8-11(20)17-4/h23H,5-10H2,1-4H3,(H,17,20)(H,18,21). The summed E-state index contributed by atoms with van der Waals surface area (Å²) in [6.45, 7) is 5.33. The van der Waals surface area contributed by atoms with E-state index in [0.29, 0.717) is 12.8 Å². The van der Waals surface area contributed by atoms with Crippen molar-refractivity contribution in [1.29, 1.82) is 0 Å². The van der Waals surface area contributed by atoms with Gasteiger partial charge in [-0.3, -0.25) is 9.59 Å². The van der Waals surface area contributed by atoms with Crippen LogP contribution in [-0.4, -0.2) is 65.8 Å². The molecule has 24 heavy (non-hydrogen) atoms. The van der Waals surface area contributed by atoms with E-state index < -0.39 is 22.7 Å².